The van der Waals surface area contributed by atoms with Crippen LogP contribution in [0.1, 0.15) is 62.1 Å². The van der Waals surface area contributed by atoms with Gasteiger partial charge in [-0.3, -0.25) is 0 Å². The molecule has 4 nitrogen and oxygen atoms in total. The lowest BCUT2D eigenvalue weighted by Crippen LogP contribution is -2.44. The van der Waals surface area contributed by atoms with Gasteiger partial charge in [0.05, 0.1) is 6.26 Å². The molecular weight excluding hydrogens is 356 g/mol. The van der Waals surface area contributed by atoms with Crippen molar-refractivity contribution in [1.82, 2.24) is 9.62 Å². The largest absolute Gasteiger partial charge is 0.303 e. The summed E-state index contributed by atoms with van der Waals surface area (Å²) in [6, 6.07) is 8.46. The quantitative estimate of drug-likeness (QED) is 0.859. The number of nitrogens with zero attached hydrogens (tertiary/aromatic N) is 1. The number of piperidine rings is 1. The first kappa shape index (κ1) is 18.1. The van der Waals surface area contributed by atoms with Gasteiger partial charge in [0.1, 0.15) is 0 Å². The van der Waals surface area contributed by atoms with Crippen LogP contribution in [0.3, 0.4) is 0 Å². The zero-order valence-corrected chi connectivity index (χ0v) is 17.2. The SMILES string of the molecule is CS(=O)(=O)N[C@@H]1CC2(CCN(C[C@H]3C[C@H]4CC[C@@H]3C4)CC2)c2ccccc21. The van der Waals surface area contributed by atoms with Crippen molar-refractivity contribution in [2.75, 3.05) is 25.9 Å². The van der Waals surface area contributed by atoms with Gasteiger partial charge in [-0.1, -0.05) is 30.7 Å². The minimum atomic E-state index is -3.20. The van der Waals surface area contributed by atoms with Crippen LogP contribution in [0.5, 0.6) is 0 Å². The Kier molecular flexibility index (Phi) is 4.41. The number of nitrogens with one attached hydrogen (secondary N) is 1. The Labute approximate surface area is 163 Å². The predicted octanol–water partition coefficient (Wildman–Crippen LogP) is 3.45. The smallest absolute Gasteiger partial charge is 0.209 e. The molecule has 4 atom stereocenters. The second-order valence-corrected chi connectivity index (χ2v) is 11.5. The summed E-state index contributed by atoms with van der Waals surface area (Å²) in [6.45, 7) is 3.62. The molecular formula is C22H32N2O2S. The van der Waals surface area contributed by atoms with E-state index in [9.17, 15) is 8.42 Å². The number of benzene rings is 1. The normalized spacial score (nSPS) is 35.0. The molecule has 4 aliphatic rings. The molecule has 0 unspecified atom stereocenters. The zero-order valence-electron chi connectivity index (χ0n) is 16.4. The average Bonchev–Trinajstić information content (AvgIpc) is 3.31. The van der Waals surface area contributed by atoms with E-state index in [1.165, 1.54) is 49.6 Å². The minimum absolute atomic E-state index is 0.0617. The van der Waals surface area contributed by atoms with E-state index in [4.69, 9.17) is 0 Å². The van der Waals surface area contributed by atoms with Crippen molar-refractivity contribution in [3.8, 4) is 0 Å². The van der Waals surface area contributed by atoms with Crippen molar-refractivity contribution in [1.29, 1.82) is 0 Å². The number of fused-ring (bicyclic) bond motifs is 4. The third-order valence-corrected chi connectivity index (χ3v) is 8.76. The molecule has 2 saturated carbocycles. The van der Waals surface area contributed by atoms with Gasteiger partial charge in [0, 0.05) is 12.6 Å². The van der Waals surface area contributed by atoms with Crippen LogP contribution in [0.4, 0.5) is 0 Å². The summed E-state index contributed by atoms with van der Waals surface area (Å²) in [6.07, 6.45) is 10.4. The van der Waals surface area contributed by atoms with Crippen LogP contribution in [0.15, 0.2) is 24.3 Å². The third kappa shape index (κ3) is 3.36. The van der Waals surface area contributed by atoms with Crippen LogP contribution >= 0.6 is 0 Å². The van der Waals surface area contributed by atoms with Crippen molar-refractivity contribution < 1.29 is 8.42 Å². The molecule has 1 heterocycles. The summed E-state index contributed by atoms with van der Waals surface area (Å²) >= 11 is 0. The second-order valence-electron chi connectivity index (χ2n) is 9.75. The van der Waals surface area contributed by atoms with E-state index in [-0.39, 0.29) is 11.5 Å². The Morgan fingerprint density at radius 3 is 2.59 bits per heavy atom. The molecule has 1 N–H and O–H groups in total. The topological polar surface area (TPSA) is 49.4 Å². The number of likely N-dealkylation sites (tertiary alicyclic amines) is 1. The summed E-state index contributed by atoms with van der Waals surface area (Å²) in [4.78, 5) is 2.70. The van der Waals surface area contributed by atoms with Gasteiger partial charge in [-0.25, -0.2) is 13.1 Å². The van der Waals surface area contributed by atoms with E-state index in [1.807, 2.05) is 6.07 Å². The van der Waals surface area contributed by atoms with Crippen LogP contribution in [0.25, 0.3) is 0 Å². The van der Waals surface area contributed by atoms with E-state index in [0.29, 0.717) is 0 Å². The number of hydrogen-bond acceptors (Lipinski definition) is 3. The van der Waals surface area contributed by atoms with Gasteiger partial charge in [-0.2, -0.15) is 0 Å². The average molecular weight is 389 g/mol. The summed E-state index contributed by atoms with van der Waals surface area (Å²) in [5, 5.41) is 0. The third-order valence-electron chi connectivity index (χ3n) is 8.05. The van der Waals surface area contributed by atoms with Crippen LogP contribution in [-0.4, -0.2) is 39.2 Å². The summed E-state index contributed by atoms with van der Waals surface area (Å²) in [7, 11) is -3.20. The molecule has 0 radical (unpaired) electrons. The Morgan fingerprint density at radius 2 is 1.93 bits per heavy atom. The van der Waals surface area contributed by atoms with Crippen LogP contribution in [0, 0.1) is 17.8 Å². The first-order valence-electron chi connectivity index (χ1n) is 10.7. The van der Waals surface area contributed by atoms with Crippen LogP contribution in [0.2, 0.25) is 0 Å². The fourth-order valence-electron chi connectivity index (χ4n) is 6.83. The van der Waals surface area contributed by atoms with Gasteiger partial charge in [0.25, 0.3) is 0 Å². The van der Waals surface area contributed by atoms with Gasteiger partial charge in [0.2, 0.25) is 10.0 Å². The molecule has 3 aliphatic carbocycles. The number of sulfonamides is 1. The van der Waals surface area contributed by atoms with Gasteiger partial charge in [-0.15, -0.1) is 0 Å². The Hall–Kier alpha value is -0.910. The summed E-state index contributed by atoms with van der Waals surface area (Å²) in [5.74, 6) is 2.97. The zero-order chi connectivity index (χ0) is 18.6. The molecule has 1 saturated heterocycles. The van der Waals surface area contributed by atoms with E-state index >= 15 is 0 Å². The first-order valence-corrected chi connectivity index (χ1v) is 12.6. The standard InChI is InChI=1S/C22H32N2O2S/c1-27(25,26)23-21-14-22(20-5-3-2-4-19(20)21)8-10-24(11-9-22)15-18-13-16-6-7-17(18)12-16/h2-5,16-18,21,23H,6-15H2,1H3/t16-,17+,18+,21+/m0/s1. The van der Waals surface area contributed by atoms with Crippen molar-refractivity contribution in [2.24, 2.45) is 17.8 Å². The molecule has 148 valence electrons. The maximum absolute atomic E-state index is 11.9. The summed E-state index contributed by atoms with van der Waals surface area (Å²) in [5.41, 5.74) is 2.75. The van der Waals surface area contributed by atoms with Crippen molar-refractivity contribution in [3.63, 3.8) is 0 Å². The van der Waals surface area contributed by atoms with E-state index in [1.54, 1.807) is 0 Å². The molecule has 0 amide bonds. The molecule has 27 heavy (non-hydrogen) atoms. The van der Waals surface area contributed by atoms with E-state index < -0.39 is 10.0 Å². The Morgan fingerprint density at radius 1 is 1.15 bits per heavy atom. The molecule has 5 rings (SSSR count). The maximum atomic E-state index is 11.9. The molecule has 1 aromatic rings. The fraction of sp³-hybridized carbons (Fsp3) is 0.727. The molecule has 0 aromatic heterocycles. The van der Waals surface area contributed by atoms with Crippen LogP contribution < -0.4 is 4.72 Å². The fourth-order valence-corrected chi connectivity index (χ4v) is 7.55. The monoisotopic (exact) mass is 388 g/mol. The molecule has 1 aromatic carbocycles. The first-order chi connectivity index (χ1) is 12.9. The lowest BCUT2D eigenvalue weighted by Gasteiger charge is -2.42. The molecule has 1 spiro atoms. The highest BCUT2D eigenvalue weighted by molar-refractivity contribution is 7.88. The Balaban J connectivity index is 1.29. The van der Waals surface area contributed by atoms with Gasteiger partial charge < -0.3 is 4.90 Å². The lowest BCUT2D eigenvalue weighted by molar-refractivity contribution is 0.120. The Bertz CT molecular complexity index is 813. The molecule has 5 heteroatoms. The second kappa shape index (κ2) is 6.57. The van der Waals surface area contributed by atoms with Crippen LogP contribution in [-0.2, 0) is 15.4 Å². The van der Waals surface area contributed by atoms with Crippen molar-refractivity contribution in [2.45, 2.75) is 56.4 Å². The van der Waals surface area contributed by atoms with Crippen molar-refractivity contribution >= 4 is 10.0 Å². The number of rotatable bonds is 4. The van der Waals surface area contributed by atoms with Gasteiger partial charge in [-0.05, 0) is 85.9 Å². The number of hydrogen-bond donors (Lipinski definition) is 1. The highest BCUT2D eigenvalue weighted by atomic mass is 32.2. The lowest BCUT2D eigenvalue weighted by atomic mass is 9.73. The van der Waals surface area contributed by atoms with E-state index in [2.05, 4.69) is 27.8 Å². The van der Waals surface area contributed by atoms with Gasteiger partial charge in [0.15, 0.2) is 0 Å². The predicted molar refractivity (Wildman–Crippen MR) is 108 cm³/mol. The minimum Gasteiger partial charge on any atom is -0.303 e. The molecule has 2 bridgehead atoms. The molecule has 1 aliphatic heterocycles. The highest BCUT2D eigenvalue weighted by Gasteiger charge is 2.47. The molecule has 3 fully saturated rings. The van der Waals surface area contributed by atoms with Gasteiger partial charge >= 0.3 is 0 Å². The van der Waals surface area contributed by atoms with Crippen molar-refractivity contribution in [3.05, 3.63) is 35.4 Å². The summed E-state index contributed by atoms with van der Waals surface area (Å²) < 4.78 is 26.6. The van der Waals surface area contributed by atoms with E-state index in [0.717, 1.165) is 50.1 Å². The maximum Gasteiger partial charge on any atom is 0.209 e. The highest BCUT2D eigenvalue weighted by Crippen LogP contribution is 2.52.